The molecule has 1 heterocycles. The number of hydrogen-bond acceptors (Lipinski definition) is 1. The maximum absolute atomic E-state index is 6.08. The van der Waals surface area contributed by atoms with E-state index >= 15 is 0 Å². The standard InChI is InChI=1S/C16H20ClN.HI/c1-16(2,3)13-7-5-12(6-8-13)15-11-14(17)9-10-18(15)4;/h5-11,15H,1-4H3;1H. The van der Waals surface area contributed by atoms with Gasteiger partial charge in [0.05, 0.1) is 6.04 Å². The van der Waals surface area contributed by atoms with Crippen molar-refractivity contribution in [2.45, 2.75) is 32.2 Å². The summed E-state index contributed by atoms with van der Waals surface area (Å²) < 4.78 is 0. The summed E-state index contributed by atoms with van der Waals surface area (Å²) in [6.45, 7) is 6.69. The third-order valence-electron chi connectivity index (χ3n) is 3.34. The van der Waals surface area contributed by atoms with Gasteiger partial charge in [0.1, 0.15) is 0 Å². The fourth-order valence-corrected chi connectivity index (χ4v) is 2.29. The van der Waals surface area contributed by atoms with E-state index in [9.17, 15) is 0 Å². The molecule has 0 saturated heterocycles. The van der Waals surface area contributed by atoms with Gasteiger partial charge >= 0.3 is 0 Å². The fourth-order valence-electron chi connectivity index (χ4n) is 2.12. The Morgan fingerprint density at radius 3 is 2.21 bits per heavy atom. The number of hydrogen-bond donors (Lipinski definition) is 0. The molecule has 1 aromatic rings. The van der Waals surface area contributed by atoms with E-state index in [0.717, 1.165) is 5.03 Å². The Labute approximate surface area is 138 Å². The first-order chi connectivity index (χ1) is 8.38. The zero-order chi connectivity index (χ0) is 13.3. The lowest BCUT2D eigenvalue weighted by Crippen LogP contribution is -2.20. The van der Waals surface area contributed by atoms with Crippen molar-refractivity contribution in [3.05, 3.63) is 58.8 Å². The van der Waals surface area contributed by atoms with Gasteiger partial charge in [0.25, 0.3) is 0 Å². The predicted molar refractivity (Wildman–Crippen MR) is 94.1 cm³/mol. The molecular weight excluding hydrogens is 369 g/mol. The third-order valence-corrected chi connectivity index (χ3v) is 3.59. The molecular formula is C16H21ClIN. The molecule has 19 heavy (non-hydrogen) atoms. The molecule has 3 heteroatoms. The second kappa shape index (κ2) is 6.31. The average Bonchev–Trinajstić information content (AvgIpc) is 2.31. The van der Waals surface area contributed by atoms with Crippen molar-refractivity contribution in [1.82, 2.24) is 4.90 Å². The van der Waals surface area contributed by atoms with Crippen molar-refractivity contribution in [3.63, 3.8) is 0 Å². The van der Waals surface area contributed by atoms with Gasteiger partial charge in [0.15, 0.2) is 0 Å². The van der Waals surface area contributed by atoms with E-state index in [0.29, 0.717) is 0 Å². The third kappa shape index (κ3) is 3.99. The zero-order valence-corrected chi connectivity index (χ0v) is 14.9. The van der Waals surface area contributed by atoms with Gasteiger partial charge in [-0.05, 0) is 28.7 Å². The molecule has 2 rings (SSSR count). The van der Waals surface area contributed by atoms with Crippen LogP contribution in [0.3, 0.4) is 0 Å². The molecule has 0 fully saturated rings. The fraction of sp³-hybridized carbons (Fsp3) is 0.375. The Hall–Kier alpha value is -0.480. The molecule has 0 N–H and O–H groups in total. The average molecular weight is 390 g/mol. The predicted octanol–water partition coefficient (Wildman–Crippen LogP) is 5.23. The normalized spacial score (nSPS) is 18.9. The van der Waals surface area contributed by atoms with E-state index < -0.39 is 0 Å². The molecule has 1 aliphatic rings. The van der Waals surface area contributed by atoms with Crippen molar-refractivity contribution in [1.29, 1.82) is 0 Å². The Balaban J connectivity index is 0.00000180. The molecule has 1 unspecified atom stereocenters. The number of halogens is 2. The second-order valence-electron chi connectivity index (χ2n) is 5.85. The van der Waals surface area contributed by atoms with Gasteiger partial charge in [0, 0.05) is 18.3 Å². The van der Waals surface area contributed by atoms with Crippen LogP contribution in [0.2, 0.25) is 0 Å². The highest BCUT2D eigenvalue weighted by molar-refractivity contribution is 14.0. The summed E-state index contributed by atoms with van der Waals surface area (Å²) in [4.78, 5) is 2.16. The minimum atomic E-state index is 0. The monoisotopic (exact) mass is 389 g/mol. The Kier molecular flexibility index (Phi) is 5.51. The second-order valence-corrected chi connectivity index (χ2v) is 6.29. The van der Waals surface area contributed by atoms with Gasteiger partial charge in [-0.15, -0.1) is 24.0 Å². The highest BCUT2D eigenvalue weighted by atomic mass is 127. The van der Waals surface area contributed by atoms with E-state index in [1.165, 1.54) is 11.1 Å². The van der Waals surface area contributed by atoms with Crippen molar-refractivity contribution in [2.75, 3.05) is 7.05 Å². The van der Waals surface area contributed by atoms with E-state index in [-0.39, 0.29) is 35.4 Å². The number of allylic oxidation sites excluding steroid dienone is 2. The van der Waals surface area contributed by atoms with Gasteiger partial charge in [-0.3, -0.25) is 0 Å². The Bertz CT molecular complexity index is 482. The van der Waals surface area contributed by atoms with Crippen LogP contribution in [0.25, 0.3) is 0 Å². The SMILES string of the molecule is CN1C=CC(Cl)=CC1c1ccc(C(C)(C)C)cc1.I. The summed E-state index contributed by atoms with van der Waals surface area (Å²) in [5, 5.41) is 0.804. The summed E-state index contributed by atoms with van der Waals surface area (Å²) in [5.41, 5.74) is 2.83. The lowest BCUT2D eigenvalue weighted by molar-refractivity contribution is 0.389. The van der Waals surface area contributed by atoms with Crippen LogP contribution >= 0.6 is 35.6 Å². The topological polar surface area (TPSA) is 3.24 Å². The zero-order valence-electron chi connectivity index (χ0n) is 11.9. The largest absolute Gasteiger partial charge is 0.370 e. The molecule has 1 aromatic carbocycles. The molecule has 104 valence electrons. The summed E-state index contributed by atoms with van der Waals surface area (Å²) in [5.74, 6) is 0. The van der Waals surface area contributed by atoms with E-state index in [2.05, 4.69) is 63.1 Å². The molecule has 1 atom stereocenters. The van der Waals surface area contributed by atoms with Crippen LogP contribution in [0.5, 0.6) is 0 Å². The van der Waals surface area contributed by atoms with E-state index in [4.69, 9.17) is 11.6 Å². The Morgan fingerprint density at radius 1 is 1.11 bits per heavy atom. The first-order valence-electron chi connectivity index (χ1n) is 6.26. The number of likely N-dealkylation sites (N-methyl/N-ethyl adjacent to an activating group) is 1. The molecule has 0 radical (unpaired) electrons. The highest BCUT2D eigenvalue weighted by Crippen LogP contribution is 2.30. The van der Waals surface area contributed by atoms with Crippen molar-refractivity contribution in [2.24, 2.45) is 0 Å². The first kappa shape index (κ1) is 16.6. The highest BCUT2D eigenvalue weighted by Gasteiger charge is 2.17. The van der Waals surface area contributed by atoms with Crippen LogP contribution in [0.1, 0.15) is 37.9 Å². The van der Waals surface area contributed by atoms with Crippen molar-refractivity contribution >= 4 is 35.6 Å². The van der Waals surface area contributed by atoms with Crippen LogP contribution < -0.4 is 0 Å². The van der Waals surface area contributed by atoms with Gasteiger partial charge in [-0.1, -0.05) is 56.6 Å². The Morgan fingerprint density at radius 2 is 1.68 bits per heavy atom. The van der Waals surface area contributed by atoms with Crippen LogP contribution in [-0.4, -0.2) is 11.9 Å². The summed E-state index contributed by atoms with van der Waals surface area (Å²) in [7, 11) is 2.07. The maximum atomic E-state index is 6.08. The maximum Gasteiger partial charge on any atom is 0.0735 e. The molecule has 1 nitrogen and oxygen atoms in total. The van der Waals surface area contributed by atoms with Crippen LogP contribution in [-0.2, 0) is 5.41 Å². The number of rotatable bonds is 1. The van der Waals surface area contributed by atoms with Gasteiger partial charge in [0.2, 0.25) is 0 Å². The van der Waals surface area contributed by atoms with Gasteiger partial charge < -0.3 is 4.90 Å². The van der Waals surface area contributed by atoms with Crippen molar-refractivity contribution < 1.29 is 0 Å². The minimum Gasteiger partial charge on any atom is -0.370 e. The molecule has 0 aliphatic carbocycles. The van der Waals surface area contributed by atoms with Crippen LogP contribution in [0.15, 0.2) is 47.6 Å². The molecule has 0 aromatic heterocycles. The molecule has 0 saturated carbocycles. The molecule has 0 spiro atoms. The number of nitrogens with zero attached hydrogens (tertiary/aromatic N) is 1. The first-order valence-corrected chi connectivity index (χ1v) is 6.63. The van der Waals surface area contributed by atoms with Crippen molar-refractivity contribution in [3.8, 4) is 0 Å². The quantitative estimate of drug-likeness (QED) is 0.595. The molecule has 0 bridgehead atoms. The van der Waals surface area contributed by atoms with Gasteiger partial charge in [-0.25, -0.2) is 0 Å². The van der Waals surface area contributed by atoms with Crippen LogP contribution in [0.4, 0.5) is 0 Å². The van der Waals surface area contributed by atoms with Gasteiger partial charge in [-0.2, -0.15) is 0 Å². The van der Waals surface area contributed by atoms with E-state index in [1.54, 1.807) is 0 Å². The lowest BCUT2D eigenvalue weighted by Gasteiger charge is -2.28. The van der Waals surface area contributed by atoms with Crippen LogP contribution in [0, 0.1) is 0 Å². The summed E-state index contributed by atoms with van der Waals surface area (Å²) >= 11 is 6.08. The minimum absolute atomic E-state index is 0. The summed E-state index contributed by atoms with van der Waals surface area (Å²) in [6, 6.07) is 9.05. The molecule has 0 amide bonds. The smallest absolute Gasteiger partial charge is 0.0735 e. The summed E-state index contributed by atoms with van der Waals surface area (Å²) in [6.07, 6.45) is 6.01. The number of benzene rings is 1. The van der Waals surface area contributed by atoms with E-state index in [1.807, 2.05) is 12.3 Å². The molecule has 1 aliphatic heterocycles. The lowest BCUT2D eigenvalue weighted by atomic mass is 9.86.